The van der Waals surface area contributed by atoms with Gasteiger partial charge in [0.2, 0.25) is 0 Å². The molecular formula is C25H26N4. The van der Waals surface area contributed by atoms with E-state index in [0.717, 1.165) is 28.8 Å². The van der Waals surface area contributed by atoms with Crippen LogP contribution < -0.4 is 0 Å². The van der Waals surface area contributed by atoms with Gasteiger partial charge in [-0.3, -0.25) is 0 Å². The topological polar surface area (TPSA) is 33.4 Å². The summed E-state index contributed by atoms with van der Waals surface area (Å²) in [6.45, 7) is 3.69. The fourth-order valence-electron chi connectivity index (χ4n) is 4.18. The lowest BCUT2D eigenvalue weighted by atomic mass is 10.0. The summed E-state index contributed by atoms with van der Waals surface area (Å²) in [6, 6.07) is 19.2. The smallest absolute Gasteiger partial charge is 0.162 e. The molecule has 1 fully saturated rings. The summed E-state index contributed by atoms with van der Waals surface area (Å²) in [6.07, 6.45) is 11.1. The Labute approximate surface area is 171 Å². The molecule has 0 saturated carbocycles. The molecule has 2 aromatic carbocycles. The molecule has 1 aliphatic heterocycles. The molecule has 0 aliphatic carbocycles. The van der Waals surface area contributed by atoms with Gasteiger partial charge in [-0.15, -0.1) is 0 Å². The standard InChI is InChI=1S/C25H26N4/c1-3-7-22(8-4-1)24-18-27-29-19-23(17-26-25(24)29)21-11-9-20(10-12-21)13-16-28-14-5-2-6-15-28/h1,3-4,7-12,17-19H,2,5-6,13-16H2. The largest absolute Gasteiger partial charge is 0.303 e. The molecule has 29 heavy (non-hydrogen) atoms. The Balaban J connectivity index is 1.32. The number of hydrogen-bond donors (Lipinski definition) is 0. The number of hydrogen-bond acceptors (Lipinski definition) is 3. The van der Waals surface area contributed by atoms with Crippen LogP contribution in [0.2, 0.25) is 0 Å². The van der Waals surface area contributed by atoms with Crippen LogP contribution in [-0.2, 0) is 6.42 Å². The fourth-order valence-corrected chi connectivity index (χ4v) is 4.18. The molecule has 0 unspecified atom stereocenters. The van der Waals surface area contributed by atoms with Crippen LogP contribution in [0, 0.1) is 0 Å². The van der Waals surface area contributed by atoms with Crippen molar-refractivity contribution < 1.29 is 0 Å². The first-order chi connectivity index (χ1) is 14.4. The Kier molecular flexibility index (Phi) is 5.10. The maximum absolute atomic E-state index is 4.71. The number of rotatable bonds is 5. The predicted octanol–water partition coefficient (Wildman–Crippen LogP) is 5.09. The molecule has 0 amide bonds. The third-order valence-electron chi connectivity index (χ3n) is 5.89. The van der Waals surface area contributed by atoms with Gasteiger partial charge in [0, 0.05) is 30.1 Å². The van der Waals surface area contributed by atoms with E-state index in [0.29, 0.717) is 0 Å². The average molecular weight is 383 g/mol. The molecule has 0 atom stereocenters. The summed E-state index contributed by atoms with van der Waals surface area (Å²) in [4.78, 5) is 7.30. The summed E-state index contributed by atoms with van der Waals surface area (Å²) in [7, 11) is 0. The van der Waals surface area contributed by atoms with E-state index in [4.69, 9.17) is 4.98 Å². The number of nitrogens with zero attached hydrogens (tertiary/aromatic N) is 4. The summed E-state index contributed by atoms with van der Waals surface area (Å²) in [5, 5.41) is 4.53. The lowest BCUT2D eigenvalue weighted by molar-refractivity contribution is 0.231. The van der Waals surface area contributed by atoms with Crippen molar-refractivity contribution in [2.75, 3.05) is 19.6 Å². The minimum Gasteiger partial charge on any atom is -0.303 e. The van der Waals surface area contributed by atoms with Crippen LogP contribution >= 0.6 is 0 Å². The van der Waals surface area contributed by atoms with Crippen molar-refractivity contribution in [2.45, 2.75) is 25.7 Å². The highest BCUT2D eigenvalue weighted by atomic mass is 15.2. The van der Waals surface area contributed by atoms with E-state index in [9.17, 15) is 0 Å². The van der Waals surface area contributed by atoms with Gasteiger partial charge in [0.25, 0.3) is 0 Å². The third kappa shape index (κ3) is 3.94. The van der Waals surface area contributed by atoms with Crippen LogP contribution in [0.25, 0.3) is 27.9 Å². The van der Waals surface area contributed by atoms with Crippen LogP contribution in [0.4, 0.5) is 0 Å². The van der Waals surface area contributed by atoms with E-state index < -0.39 is 0 Å². The van der Waals surface area contributed by atoms with Gasteiger partial charge >= 0.3 is 0 Å². The number of benzene rings is 2. The summed E-state index contributed by atoms with van der Waals surface area (Å²) in [5.41, 5.74) is 6.75. The van der Waals surface area contributed by atoms with Crippen molar-refractivity contribution in [3.8, 4) is 22.3 Å². The van der Waals surface area contributed by atoms with Crippen LogP contribution in [0.5, 0.6) is 0 Å². The first-order valence-corrected chi connectivity index (χ1v) is 10.6. The Hall–Kier alpha value is -2.98. The predicted molar refractivity (Wildman–Crippen MR) is 118 cm³/mol. The van der Waals surface area contributed by atoms with E-state index >= 15 is 0 Å². The van der Waals surface area contributed by atoms with Crippen molar-refractivity contribution >= 4 is 5.65 Å². The van der Waals surface area contributed by atoms with Gasteiger partial charge < -0.3 is 4.90 Å². The van der Waals surface area contributed by atoms with Crippen LogP contribution in [0.3, 0.4) is 0 Å². The highest BCUT2D eigenvalue weighted by molar-refractivity contribution is 5.77. The molecule has 1 saturated heterocycles. The number of fused-ring (bicyclic) bond motifs is 1. The van der Waals surface area contributed by atoms with Gasteiger partial charge in [-0.05, 0) is 49.0 Å². The minimum atomic E-state index is 0.887. The molecule has 2 aromatic heterocycles. The van der Waals surface area contributed by atoms with Crippen molar-refractivity contribution in [1.82, 2.24) is 19.5 Å². The molecule has 0 N–H and O–H groups in total. The maximum atomic E-state index is 4.71. The van der Waals surface area contributed by atoms with Gasteiger partial charge in [0.05, 0.1) is 6.20 Å². The van der Waals surface area contributed by atoms with Gasteiger partial charge in [0.1, 0.15) is 0 Å². The molecule has 0 spiro atoms. The van der Waals surface area contributed by atoms with Crippen LogP contribution in [0.15, 0.2) is 73.2 Å². The molecular weight excluding hydrogens is 356 g/mol. The van der Waals surface area contributed by atoms with Gasteiger partial charge in [-0.25, -0.2) is 9.50 Å². The molecule has 5 rings (SSSR count). The van der Waals surface area contributed by atoms with Gasteiger partial charge in [0.15, 0.2) is 5.65 Å². The minimum absolute atomic E-state index is 0.887. The summed E-state index contributed by atoms with van der Waals surface area (Å²) < 4.78 is 1.88. The second kappa shape index (κ2) is 8.18. The molecule has 0 bridgehead atoms. The second-order valence-corrected chi connectivity index (χ2v) is 7.88. The number of piperidine rings is 1. The number of aromatic nitrogens is 3. The fraction of sp³-hybridized carbons (Fsp3) is 0.280. The summed E-state index contributed by atoms with van der Waals surface area (Å²) in [5.74, 6) is 0. The SMILES string of the molecule is c1ccc(-c2cnn3cc(-c4ccc(CCN5CCCCC5)cc4)cnc23)cc1. The Morgan fingerprint density at radius 2 is 1.55 bits per heavy atom. The number of likely N-dealkylation sites (tertiary alicyclic amines) is 1. The first-order valence-electron chi connectivity index (χ1n) is 10.6. The second-order valence-electron chi connectivity index (χ2n) is 7.88. The Bertz CT molecular complexity index is 1080. The van der Waals surface area contributed by atoms with Crippen molar-refractivity contribution in [1.29, 1.82) is 0 Å². The highest BCUT2D eigenvalue weighted by Crippen LogP contribution is 2.25. The Morgan fingerprint density at radius 1 is 0.759 bits per heavy atom. The van der Waals surface area contributed by atoms with Crippen molar-refractivity contribution in [3.05, 3.63) is 78.8 Å². The Morgan fingerprint density at radius 3 is 2.34 bits per heavy atom. The zero-order chi connectivity index (χ0) is 19.5. The lowest BCUT2D eigenvalue weighted by Gasteiger charge is -2.26. The molecule has 3 heterocycles. The van der Waals surface area contributed by atoms with Gasteiger partial charge in [-0.1, -0.05) is 61.0 Å². The van der Waals surface area contributed by atoms with E-state index in [-0.39, 0.29) is 0 Å². The maximum Gasteiger partial charge on any atom is 0.162 e. The van der Waals surface area contributed by atoms with Crippen molar-refractivity contribution in [3.63, 3.8) is 0 Å². The molecule has 4 nitrogen and oxygen atoms in total. The lowest BCUT2D eigenvalue weighted by Crippen LogP contribution is -2.31. The molecule has 4 heteroatoms. The molecule has 146 valence electrons. The normalized spacial score (nSPS) is 15.0. The highest BCUT2D eigenvalue weighted by Gasteiger charge is 2.11. The molecule has 4 aromatic rings. The van der Waals surface area contributed by atoms with E-state index in [2.05, 4.69) is 52.6 Å². The zero-order valence-corrected chi connectivity index (χ0v) is 16.7. The average Bonchev–Trinajstić information content (AvgIpc) is 3.23. The van der Waals surface area contributed by atoms with E-state index in [1.165, 1.54) is 50.0 Å². The van der Waals surface area contributed by atoms with Crippen LogP contribution in [0.1, 0.15) is 24.8 Å². The first kappa shape index (κ1) is 18.1. The monoisotopic (exact) mass is 382 g/mol. The van der Waals surface area contributed by atoms with Gasteiger partial charge in [-0.2, -0.15) is 5.10 Å². The third-order valence-corrected chi connectivity index (χ3v) is 5.89. The summed E-state index contributed by atoms with van der Waals surface area (Å²) >= 11 is 0. The molecule has 0 radical (unpaired) electrons. The van der Waals surface area contributed by atoms with Crippen LogP contribution in [-0.4, -0.2) is 39.1 Å². The molecule has 1 aliphatic rings. The zero-order valence-electron chi connectivity index (χ0n) is 16.7. The quantitative estimate of drug-likeness (QED) is 0.482. The van der Waals surface area contributed by atoms with E-state index in [1.54, 1.807) is 0 Å². The van der Waals surface area contributed by atoms with Crippen molar-refractivity contribution in [2.24, 2.45) is 0 Å². The van der Waals surface area contributed by atoms with E-state index in [1.807, 2.05) is 35.1 Å².